The van der Waals surface area contributed by atoms with E-state index < -0.39 is 0 Å². The van der Waals surface area contributed by atoms with Gasteiger partial charge in [0.05, 0.1) is 34.2 Å². The molecule has 4 aromatic rings. The van der Waals surface area contributed by atoms with Gasteiger partial charge >= 0.3 is 0 Å². The Kier molecular flexibility index (Phi) is 7.21. The number of carbonyl (C=O) groups is 1. The van der Waals surface area contributed by atoms with Gasteiger partial charge in [0.25, 0.3) is 0 Å². The topological polar surface area (TPSA) is 130 Å². The molecule has 6 rings (SSSR count). The number of nitriles is 1. The van der Waals surface area contributed by atoms with Crippen molar-refractivity contribution < 1.29 is 9.53 Å². The fourth-order valence-corrected chi connectivity index (χ4v) is 6.71. The maximum atomic E-state index is 11.4. The second-order valence-electron chi connectivity index (χ2n) is 11.0. The molecule has 0 unspecified atom stereocenters. The number of fused-ring (bicyclic) bond motifs is 1. The third-order valence-electron chi connectivity index (χ3n) is 7.98. The molecule has 0 radical (unpaired) electrons. The van der Waals surface area contributed by atoms with Gasteiger partial charge in [0.1, 0.15) is 11.1 Å². The highest BCUT2D eigenvalue weighted by molar-refractivity contribution is 7.14. The zero-order valence-electron chi connectivity index (χ0n) is 22.7. The van der Waals surface area contributed by atoms with Crippen molar-refractivity contribution in [1.82, 2.24) is 30.1 Å². The molecule has 1 aliphatic carbocycles. The van der Waals surface area contributed by atoms with Gasteiger partial charge in [-0.25, -0.2) is 4.52 Å². The van der Waals surface area contributed by atoms with Gasteiger partial charge in [0.15, 0.2) is 5.01 Å². The number of hydrogen-bond donors (Lipinski definition) is 2. The molecule has 0 atom stereocenters. The van der Waals surface area contributed by atoms with E-state index in [1.54, 1.807) is 24.5 Å². The predicted molar refractivity (Wildman–Crippen MR) is 153 cm³/mol. The lowest BCUT2D eigenvalue weighted by atomic mass is 9.86. The summed E-state index contributed by atoms with van der Waals surface area (Å²) < 4.78 is 7.44. The Balaban J connectivity index is 1.32. The highest BCUT2D eigenvalue weighted by Crippen LogP contribution is 2.40. The van der Waals surface area contributed by atoms with E-state index in [9.17, 15) is 10.1 Å². The van der Waals surface area contributed by atoms with E-state index in [-0.39, 0.29) is 17.5 Å². The van der Waals surface area contributed by atoms with E-state index in [0.29, 0.717) is 11.5 Å². The third-order valence-corrected chi connectivity index (χ3v) is 9.10. The lowest BCUT2D eigenvalue weighted by Crippen LogP contribution is -2.40. The number of rotatable bonds is 6. The molecular formula is C29H32N8O2S. The van der Waals surface area contributed by atoms with E-state index in [4.69, 9.17) is 9.72 Å². The highest BCUT2D eigenvalue weighted by Gasteiger charge is 2.30. The van der Waals surface area contributed by atoms with Crippen LogP contribution in [0, 0.1) is 11.3 Å². The molecule has 5 heterocycles. The summed E-state index contributed by atoms with van der Waals surface area (Å²) in [5.41, 5.74) is 4.74. The number of ether oxygens (including phenoxy) is 1. The summed E-state index contributed by atoms with van der Waals surface area (Å²) in [5.74, 6) is 0.385. The molecule has 2 fully saturated rings. The van der Waals surface area contributed by atoms with Crippen LogP contribution >= 0.6 is 11.3 Å². The van der Waals surface area contributed by atoms with Crippen molar-refractivity contribution >= 4 is 28.4 Å². The first-order valence-corrected chi connectivity index (χ1v) is 14.6. The molecule has 0 bridgehead atoms. The van der Waals surface area contributed by atoms with Gasteiger partial charge in [0, 0.05) is 49.5 Å². The minimum Gasteiger partial charge on any atom is -0.381 e. The molecule has 1 amide bonds. The van der Waals surface area contributed by atoms with Crippen molar-refractivity contribution in [2.45, 2.75) is 69.9 Å². The smallest absolute Gasteiger partial charge is 0.217 e. The van der Waals surface area contributed by atoms with Crippen LogP contribution in [0.5, 0.6) is 0 Å². The Morgan fingerprint density at radius 2 is 1.95 bits per heavy atom. The molecule has 206 valence electrons. The van der Waals surface area contributed by atoms with Gasteiger partial charge in [-0.2, -0.15) is 10.4 Å². The SMILES string of the molecule is CC(=O)NC1CCC(c2nnc(-c3cnc(-c4ccc5cc(C#N)cnn45)cc3NC3(C)CCOCC3)s2)CC1. The molecule has 1 saturated carbocycles. The first-order chi connectivity index (χ1) is 19.4. The van der Waals surface area contributed by atoms with Gasteiger partial charge in [-0.3, -0.25) is 9.78 Å². The van der Waals surface area contributed by atoms with Gasteiger partial charge < -0.3 is 15.4 Å². The zero-order valence-corrected chi connectivity index (χ0v) is 23.5. The summed E-state index contributed by atoms with van der Waals surface area (Å²) in [6.45, 7) is 5.25. The summed E-state index contributed by atoms with van der Waals surface area (Å²) in [6, 6.07) is 10.2. The fourth-order valence-electron chi connectivity index (χ4n) is 5.68. The number of amides is 1. The average molecular weight is 557 g/mol. The van der Waals surface area contributed by atoms with Crippen LogP contribution in [-0.2, 0) is 9.53 Å². The lowest BCUT2D eigenvalue weighted by Gasteiger charge is -2.36. The van der Waals surface area contributed by atoms with Crippen LogP contribution in [0.15, 0.2) is 36.7 Å². The summed E-state index contributed by atoms with van der Waals surface area (Å²) >= 11 is 1.63. The van der Waals surface area contributed by atoms with Crippen molar-refractivity contribution in [3.8, 4) is 28.0 Å². The Bertz CT molecular complexity index is 1570. The van der Waals surface area contributed by atoms with Crippen LogP contribution in [0.4, 0.5) is 5.69 Å². The van der Waals surface area contributed by atoms with Crippen molar-refractivity contribution in [2.24, 2.45) is 0 Å². The largest absolute Gasteiger partial charge is 0.381 e. The molecule has 1 aliphatic heterocycles. The summed E-state index contributed by atoms with van der Waals surface area (Å²) in [7, 11) is 0. The average Bonchev–Trinajstić information content (AvgIpc) is 3.61. The Morgan fingerprint density at radius 1 is 1.15 bits per heavy atom. The molecule has 2 N–H and O–H groups in total. The molecule has 1 saturated heterocycles. The van der Waals surface area contributed by atoms with E-state index in [0.717, 1.165) is 89.9 Å². The molecule has 11 heteroatoms. The molecule has 10 nitrogen and oxygen atoms in total. The van der Waals surface area contributed by atoms with Gasteiger partial charge in [-0.1, -0.05) is 11.3 Å². The quantitative estimate of drug-likeness (QED) is 0.342. The minimum atomic E-state index is -0.123. The first-order valence-electron chi connectivity index (χ1n) is 13.8. The summed E-state index contributed by atoms with van der Waals surface area (Å²) in [4.78, 5) is 16.3. The van der Waals surface area contributed by atoms with Crippen LogP contribution in [-0.4, -0.2) is 55.5 Å². The standard InChI is InChI=1S/C29H32N8O2S/c1-18(38)33-21-5-3-20(4-6-21)27-35-36-28(40-27)23-17-31-25(14-24(23)34-29(2)9-11-39-12-10-29)26-8-7-22-13-19(15-30)16-32-37(22)26/h7-8,13-14,16-17,20-21H,3-6,9-12H2,1-2H3,(H,31,34)(H,33,38). The van der Waals surface area contributed by atoms with Gasteiger partial charge in [-0.15, -0.1) is 10.2 Å². The number of nitrogens with zero attached hydrogens (tertiary/aromatic N) is 6. The van der Waals surface area contributed by atoms with Crippen LogP contribution in [0.3, 0.4) is 0 Å². The second-order valence-corrected chi connectivity index (χ2v) is 12.0. The Labute approximate surface area is 236 Å². The molecule has 40 heavy (non-hydrogen) atoms. The van der Waals surface area contributed by atoms with Crippen molar-refractivity contribution in [2.75, 3.05) is 18.5 Å². The number of nitrogens with one attached hydrogen (secondary N) is 2. The molecule has 0 spiro atoms. The predicted octanol–water partition coefficient (Wildman–Crippen LogP) is 4.93. The maximum Gasteiger partial charge on any atom is 0.217 e. The lowest BCUT2D eigenvalue weighted by molar-refractivity contribution is -0.119. The highest BCUT2D eigenvalue weighted by atomic mass is 32.1. The van der Waals surface area contributed by atoms with E-state index in [2.05, 4.69) is 45.0 Å². The molecule has 0 aromatic carbocycles. The molecule has 2 aliphatic rings. The number of hydrogen-bond acceptors (Lipinski definition) is 9. The number of carbonyl (C=O) groups excluding carboxylic acids is 1. The zero-order chi connectivity index (χ0) is 27.7. The normalized spacial score (nSPS) is 20.6. The maximum absolute atomic E-state index is 11.4. The Morgan fingerprint density at radius 3 is 2.70 bits per heavy atom. The summed E-state index contributed by atoms with van der Waals surface area (Å²) in [5, 5.41) is 31.7. The monoisotopic (exact) mass is 556 g/mol. The van der Waals surface area contributed by atoms with Crippen LogP contribution in [0.2, 0.25) is 0 Å². The molecular weight excluding hydrogens is 524 g/mol. The summed E-state index contributed by atoms with van der Waals surface area (Å²) in [6.07, 6.45) is 9.13. The minimum absolute atomic E-state index is 0.0340. The van der Waals surface area contributed by atoms with E-state index >= 15 is 0 Å². The number of anilines is 1. The van der Waals surface area contributed by atoms with Crippen molar-refractivity contribution in [1.29, 1.82) is 5.26 Å². The van der Waals surface area contributed by atoms with Crippen LogP contribution in [0.25, 0.3) is 27.5 Å². The van der Waals surface area contributed by atoms with Gasteiger partial charge in [0.2, 0.25) is 5.91 Å². The number of pyridine rings is 1. The van der Waals surface area contributed by atoms with E-state index in [1.807, 2.05) is 28.9 Å². The fraction of sp³-hybridized carbons (Fsp3) is 0.448. The van der Waals surface area contributed by atoms with Crippen LogP contribution < -0.4 is 10.6 Å². The van der Waals surface area contributed by atoms with Crippen molar-refractivity contribution in [3.05, 3.63) is 47.2 Å². The van der Waals surface area contributed by atoms with Crippen molar-refractivity contribution in [3.63, 3.8) is 0 Å². The Hall–Kier alpha value is -3.88. The molecule has 4 aromatic heterocycles. The van der Waals surface area contributed by atoms with Gasteiger partial charge in [-0.05, 0) is 69.7 Å². The first kappa shape index (κ1) is 26.3. The van der Waals surface area contributed by atoms with E-state index in [1.165, 1.54) is 0 Å². The second kappa shape index (κ2) is 10.9. The number of aromatic nitrogens is 5. The van der Waals surface area contributed by atoms with Crippen LogP contribution in [0.1, 0.15) is 68.9 Å². The third kappa shape index (κ3) is 5.42.